The molecule has 0 heterocycles. The number of methoxy groups -OCH3 is 1. The molecule has 26 heavy (non-hydrogen) atoms. The fraction of sp³-hybridized carbons (Fsp3) is 0.211. The van der Waals surface area contributed by atoms with E-state index in [1.54, 1.807) is 31.4 Å². The Morgan fingerprint density at radius 2 is 1.65 bits per heavy atom. The molecule has 0 aliphatic heterocycles. The van der Waals surface area contributed by atoms with Crippen LogP contribution < -0.4 is 15.4 Å². The molecule has 0 saturated carbocycles. The SMILES string of the molecule is COc1ccc(CNC(=O)COCC(=O)Nc2ccc(C#N)cc2)cc1. The zero-order chi connectivity index (χ0) is 18.8. The molecule has 2 aromatic carbocycles. The monoisotopic (exact) mass is 353 g/mol. The fourth-order valence-electron chi connectivity index (χ4n) is 2.06. The van der Waals surface area contributed by atoms with E-state index in [-0.39, 0.29) is 25.0 Å². The standard InChI is InChI=1S/C19H19N3O4/c1-25-17-8-4-15(5-9-17)11-21-18(23)12-26-13-19(24)22-16-6-2-14(10-20)3-7-16/h2-9H,11-13H2,1H3,(H,21,23)(H,22,24). The van der Waals surface area contributed by atoms with Crippen molar-refractivity contribution in [3.8, 4) is 11.8 Å². The Balaban J connectivity index is 1.65. The van der Waals surface area contributed by atoms with Crippen LogP contribution in [0.4, 0.5) is 5.69 Å². The van der Waals surface area contributed by atoms with Crippen molar-refractivity contribution >= 4 is 17.5 Å². The van der Waals surface area contributed by atoms with Crippen LogP contribution in [0.5, 0.6) is 5.75 Å². The molecular weight excluding hydrogens is 334 g/mol. The molecule has 0 aliphatic carbocycles. The maximum atomic E-state index is 11.7. The van der Waals surface area contributed by atoms with E-state index in [4.69, 9.17) is 14.7 Å². The number of nitrogens with one attached hydrogen (secondary N) is 2. The van der Waals surface area contributed by atoms with Gasteiger partial charge in [0.1, 0.15) is 19.0 Å². The lowest BCUT2D eigenvalue weighted by molar-refractivity contribution is -0.128. The first-order valence-corrected chi connectivity index (χ1v) is 7.88. The highest BCUT2D eigenvalue weighted by atomic mass is 16.5. The summed E-state index contributed by atoms with van der Waals surface area (Å²) in [5.74, 6) is 0.0568. The van der Waals surface area contributed by atoms with Gasteiger partial charge in [-0.05, 0) is 42.0 Å². The minimum absolute atomic E-state index is 0.211. The molecule has 7 heteroatoms. The highest BCUT2D eigenvalue weighted by Gasteiger charge is 2.06. The first-order chi connectivity index (χ1) is 12.6. The van der Waals surface area contributed by atoms with Crippen molar-refractivity contribution < 1.29 is 19.1 Å². The van der Waals surface area contributed by atoms with Crippen LogP contribution in [0.15, 0.2) is 48.5 Å². The second kappa shape index (κ2) is 9.81. The number of nitrogens with zero attached hydrogens (tertiary/aromatic N) is 1. The van der Waals surface area contributed by atoms with E-state index >= 15 is 0 Å². The predicted octanol–water partition coefficient (Wildman–Crippen LogP) is 1.84. The number of ether oxygens (including phenoxy) is 2. The van der Waals surface area contributed by atoms with E-state index in [0.717, 1.165) is 11.3 Å². The van der Waals surface area contributed by atoms with E-state index in [0.29, 0.717) is 17.8 Å². The maximum Gasteiger partial charge on any atom is 0.250 e. The van der Waals surface area contributed by atoms with E-state index in [2.05, 4.69) is 10.6 Å². The van der Waals surface area contributed by atoms with Gasteiger partial charge in [-0.3, -0.25) is 9.59 Å². The minimum atomic E-state index is -0.377. The molecule has 7 nitrogen and oxygen atoms in total. The summed E-state index contributed by atoms with van der Waals surface area (Å²) in [5.41, 5.74) is 1.99. The number of hydrogen-bond acceptors (Lipinski definition) is 5. The molecule has 134 valence electrons. The average Bonchev–Trinajstić information content (AvgIpc) is 2.67. The summed E-state index contributed by atoms with van der Waals surface area (Å²) in [5, 5.41) is 14.0. The summed E-state index contributed by atoms with van der Waals surface area (Å²) in [6.07, 6.45) is 0. The fourth-order valence-corrected chi connectivity index (χ4v) is 2.06. The number of benzene rings is 2. The first kappa shape index (κ1) is 19.0. The molecule has 2 aromatic rings. The Bertz CT molecular complexity index is 780. The summed E-state index contributed by atoms with van der Waals surface area (Å²) in [4.78, 5) is 23.5. The van der Waals surface area contributed by atoms with Crippen LogP contribution in [-0.4, -0.2) is 32.1 Å². The van der Waals surface area contributed by atoms with Gasteiger partial charge in [-0.1, -0.05) is 12.1 Å². The van der Waals surface area contributed by atoms with Crippen LogP contribution >= 0.6 is 0 Å². The van der Waals surface area contributed by atoms with Gasteiger partial charge in [-0.15, -0.1) is 0 Å². The number of amides is 2. The van der Waals surface area contributed by atoms with E-state index in [1.165, 1.54) is 0 Å². The predicted molar refractivity (Wildman–Crippen MR) is 95.4 cm³/mol. The Labute approximate surface area is 151 Å². The number of hydrogen-bond donors (Lipinski definition) is 2. The van der Waals surface area contributed by atoms with Gasteiger partial charge in [0.25, 0.3) is 0 Å². The third-order valence-corrected chi connectivity index (χ3v) is 3.41. The molecule has 2 rings (SSSR count). The quantitative estimate of drug-likeness (QED) is 0.754. The highest BCUT2D eigenvalue weighted by molar-refractivity contribution is 5.91. The van der Waals surface area contributed by atoms with Gasteiger partial charge in [0.2, 0.25) is 11.8 Å². The Hall–Kier alpha value is -3.37. The second-order valence-electron chi connectivity index (χ2n) is 5.35. The third kappa shape index (κ3) is 6.26. The molecule has 0 bridgehead atoms. The highest BCUT2D eigenvalue weighted by Crippen LogP contribution is 2.11. The van der Waals surface area contributed by atoms with Gasteiger partial charge in [0.05, 0.1) is 18.7 Å². The normalized spacial score (nSPS) is 9.85. The molecule has 2 N–H and O–H groups in total. The van der Waals surface area contributed by atoms with Crippen LogP contribution in [0.3, 0.4) is 0 Å². The van der Waals surface area contributed by atoms with Crippen molar-refractivity contribution in [2.45, 2.75) is 6.54 Å². The van der Waals surface area contributed by atoms with Gasteiger partial charge in [0, 0.05) is 12.2 Å². The van der Waals surface area contributed by atoms with Crippen molar-refractivity contribution in [3.63, 3.8) is 0 Å². The molecule has 0 fully saturated rings. The van der Waals surface area contributed by atoms with Gasteiger partial charge >= 0.3 is 0 Å². The molecule has 0 saturated heterocycles. The topological polar surface area (TPSA) is 100 Å². The molecule has 0 aliphatic rings. The van der Waals surface area contributed by atoms with Crippen molar-refractivity contribution in [2.75, 3.05) is 25.6 Å². The Morgan fingerprint density at radius 1 is 1.00 bits per heavy atom. The minimum Gasteiger partial charge on any atom is -0.497 e. The zero-order valence-corrected chi connectivity index (χ0v) is 14.3. The number of anilines is 1. The van der Waals surface area contributed by atoms with Crippen molar-refractivity contribution in [1.29, 1.82) is 5.26 Å². The molecule has 0 radical (unpaired) electrons. The molecular formula is C19H19N3O4. The van der Waals surface area contributed by atoms with Crippen molar-refractivity contribution in [2.24, 2.45) is 0 Å². The number of nitriles is 1. The molecule has 0 spiro atoms. The van der Waals surface area contributed by atoms with Crippen LogP contribution in [0.1, 0.15) is 11.1 Å². The van der Waals surface area contributed by atoms with Crippen LogP contribution in [0.25, 0.3) is 0 Å². The van der Waals surface area contributed by atoms with Gasteiger partial charge < -0.3 is 20.1 Å². The van der Waals surface area contributed by atoms with Crippen molar-refractivity contribution in [1.82, 2.24) is 5.32 Å². The summed E-state index contributed by atoms with van der Waals surface area (Å²) in [7, 11) is 1.59. The zero-order valence-electron chi connectivity index (χ0n) is 14.3. The second-order valence-corrected chi connectivity index (χ2v) is 5.35. The van der Waals surface area contributed by atoms with Gasteiger partial charge in [0.15, 0.2) is 0 Å². The average molecular weight is 353 g/mol. The smallest absolute Gasteiger partial charge is 0.250 e. The molecule has 0 unspecified atom stereocenters. The van der Waals surface area contributed by atoms with Crippen molar-refractivity contribution in [3.05, 3.63) is 59.7 Å². The first-order valence-electron chi connectivity index (χ1n) is 7.88. The Kier molecular flexibility index (Phi) is 7.16. The van der Waals surface area contributed by atoms with Crippen LogP contribution in [0.2, 0.25) is 0 Å². The molecule has 0 aromatic heterocycles. The lowest BCUT2D eigenvalue weighted by Gasteiger charge is -2.08. The molecule has 0 atom stereocenters. The molecule has 2 amide bonds. The van der Waals surface area contributed by atoms with Gasteiger partial charge in [-0.25, -0.2) is 0 Å². The summed E-state index contributed by atoms with van der Waals surface area (Å²) < 4.78 is 10.2. The number of carbonyl (C=O) groups excluding carboxylic acids is 2. The largest absolute Gasteiger partial charge is 0.497 e. The Morgan fingerprint density at radius 3 is 2.27 bits per heavy atom. The van der Waals surface area contributed by atoms with Gasteiger partial charge in [-0.2, -0.15) is 5.26 Å². The lowest BCUT2D eigenvalue weighted by Crippen LogP contribution is -2.29. The maximum absolute atomic E-state index is 11.7. The number of carbonyl (C=O) groups is 2. The lowest BCUT2D eigenvalue weighted by atomic mass is 10.2. The third-order valence-electron chi connectivity index (χ3n) is 3.41. The summed E-state index contributed by atoms with van der Waals surface area (Å²) >= 11 is 0. The summed E-state index contributed by atoms with van der Waals surface area (Å²) in [6.45, 7) is -0.0868. The van der Waals surface area contributed by atoms with E-state index in [1.807, 2.05) is 30.3 Å². The van der Waals surface area contributed by atoms with Crippen LogP contribution in [0, 0.1) is 11.3 Å². The van der Waals surface area contributed by atoms with E-state index < -0.39 is 0 Å². The summed E-state index contributed by atoms with van der Waals surface area (Å²) in [6, 6.07) is 15.8. The van der Waals surface area contributed by atoms with E-state index in [9.17, 15) is 9.59 Å². The number of rotatable bonds is 8. The van der Waals surface area contributed by atoms with Crippen LogP contribution in [-0.2, 0) is 20.9 Å².